The summed E-state index contributed by atoms with van der Waals surface area (Å²) in [7, 11) is -3.69. The Morgan fingerprint density at radius 1 is 1.08 bits per heavy atom. The topological polar surface area (TPSA) is 66.5 Å². The van der Waals surface area contributed by atoms with Crippen LogP contribution in [0.25, 0.3) is 0 Å². The number of sulfonamides is 1. The van der Waals surface area contributed by atoms with E-state index in [0.29, 0.717) is 18.7 Å². The van der Waals surface area contributed by atoms with Gasteiger partial charge in [-0.1, -0.05) is 30.7 Å². The van der Waals surface area contributed by atoms with Crippen molar-refractivity contribution in [2.75, 3.05) is 11.9 Å². The number of nitrogens with zero attached hydrogens (tertiary/aromatic N) is 1. The molecule has 0 saturated carbocycles. The fourth-order valence-electron chi connectivity index (χ4n) is 2.97. The molecule has 2 aromatic carbocycles. The van der Waals surface area contributed by atoms with Gasteiger partial charge in [0.1, 0.15) is 6.04 Å². The van der Waals surface area contributed by atoms with E-state index in [2.05, 4.69) is 27.9 Å². The number of piperidine rings is 1. The third kappa shape index (κ3) is 4.21. The van der Waals surface area contributed by atoms with Crippen molar-refractivity contribution in [2.24, 2.45) is 0 Å². The highest BCUT2D eigenvalue weighted by Gasteiger charge is 2.37. The molecular formula is C18H19IN2O3S. The van der Waals surface area contributed by atoms with Gasteiger partial charge in [0, 0.05) is 15.8 Å². The Kier molecular flexibility index (Phi) is 5.75. The molecule has 7 heteroatoms. The number of rotatable bonds is 4. The summed E-state index contributed by atoms with van der Waals surface area (Å²) in [4.78, 5) is 13.0. The minimum absolute atomic E-state index is 0.226. The zero-order chi connectivity index (χ0) is 17.9. The van der Waals surface area contributed by atoms with E-state index in [0.717, 1.165) is 16.4 Å². The van der Waals surface area contributed by atoms with Crippen LogP contribution in [0.3, 0.4) is 0 Å². The van der Waals surface area contributed by atoms with Crippen LogP contribution in [0.4, 0.5) is 5.69 Å². The number of benzene rings is 2. The molecule has 0 bridgehead atoms. The standard InChI is InChI=1S/C18H19IN2O3S/c19-14-7-6-8-15(13-14)20-18(22)17-11-4-5-12-21(17)25(23,24)16-9-2-1-3-10-16/h1-3,6-10,13,17H,4-5,11-12H2,(H,20,22). The van der Waals surface area contributed by atoms with Crippen LogP contribution < -0.4 is 5.32 Å². The SMILES string of the molecule is O=C(Nc1cccc(I)c1)C1CCCCN1S(=O)(=O)c1ccccc1. The Morgan fingerprint density at radius 3 is 2.56 bits per heavy atom. The third-order valence-electron chi connectivity index (χ3n) is 4.20. The van der Waals surface area contributed by atoms with E-state index in [-0.39, 0.29) is 10.8 Å². The fraction of sp³-hybridized carbons (Fsp3) is 0.278. The average Bonchev–Trinajstić information content (AvgIpc) is 2.62. The highest BCUT2D eigenvalue weighted by molar-refractivity contribution is 14.1. The van der Waals surface area contributed by atoms with Gasteiger partial charge >= 0.3 is 0 Å². The van der Waals surface area contributed by atoms with Crippen molar-refractivity contribution in [3.63, 3.8) is 0 Å². The molecule has 1 N–H and O–H groups in total. The van der Waals surface area contributed by atoms with Crippen molar-refractivity contribution < 1.29 is 13.2 Å². The second kappa shape index (κ2) is 7.84. The molecule has 2 aromatic rings. The number of hydrogen-bond acceptors (Lipinski definition) is 3. The zero-order valence-corrected chi connectivity index (χ0v) is 16.5. The predicted octanol–water partition coefficient (Wildman–Crippen LogP) is 3.47. The molecule has 132 valence electrons. The number of carbonyl (C=O) groups excluding carboxylic acids is 1. The quantitative estimate of drug-likeness (QED) is 0.697. The lowest BCUT2D eigenvalue weighted by molar-refractivity contribution is -0.120. The summed E-state index contributed by atoms with van der Waals surface area (Å²) in [5.41, 5.74) is 0.680. The normalized spacial score (nSPS) is 18.7. The molecule has 25 heavy (non-hydrogen) atoms. The second-order valence-corrected chi connectivity index (χ2v) is 9.08. The lowest BCUT2D eigenvalue weighted by Gasteiger charge is -2.33. The van der Waals surface area contributed by atoms with Crippen molar-refractivity contribution in [2.45, 2.75) is 30.2 Å². The predicted molar refractivity (Wildman–Crippen MR) is 106 cm³/mol. The summed E-state index contributed by atoms with van der Waals surface area (Å²) >= 11 is 2.17. The van der Waals surface area contributed by atoms with E-state index in [4.69, 9.17) is 0 Å². The van der Waals surface area contributed by atoms with Crippen molar-refractivity contribution in [1.29, 1.82) is 0 Å². The van der Waals surface area contributed by atoms with Crippen LogP contribution in [0.5, 0.6) is 0 Å². The highest BCUT2D eigenvalue weighted by Crippen LogP contribution is 2.26. The van der Waals surface area contributed by atoms with Gasteiger partial charge in [0.05, 0.1) is 4.90 Å². The van der Waals surface area contributed by atoms with Gasteiger partial charge in [0.15, 0.2) is 0 Å². The summed E-state index contributed by atoms with van der Waals surface area (Å²) in [6.45, 7) is 0.363. The van der Waals surface area contributed by atoms with Crippen LogP contribution in [0.2, 0.25) is 0 Å². The van der Waals surface area contributed by atoms with Gasteiger partial charge in [0.25, 0.3) is 0 Å². The van der Waals surface area contributed by atoms with E-state index >= 15 is 0 Å². The Bertz CT molecular complexity index is 856. The van der Waals surface area contributed by atoms with E-state index in [1.807, 2.05) is 18.2 Å². The van der Waals surface area contributed by atoms with Crippen LogP contribution in [-0.2, 0) is 14.8 Å². The van der Waals surface area contributed by atoms with Crippen molar-refractivity contribution in [1.82, 2.24) is 4.31 Å². The minimum atomic E-state index is -3.69. The largest absolute Gasteiger partial charge is 0.325 e. The van der Waals surface area contributed by atoms with Crippen molar-refractivity contribution in [3.05, 3.63) is 58.2 Å². The molecule has 0 aromatic heterocycles. The first kappa shape index (κ1) is 18.3. The third-order valence-corrected chi connectivity index (χ3v) is 6.79. The molecule has 1 saturated heterocycles. The molecule has 3 rings (SSSR count). The van der Waals surface area contributed by atoms with Gasteiger partial charge in [-0.3, -0.25) is 4.79 Å². The summed E-state index contributed by atoms with van der Waals surface area (Å²) in [6, 6.07) is 15.1. The van der Waals surface area contributed by atoms with E-state index < -0.39 is 16.1 Å². The monoisotopic (exact) mass is 470 g/mol. The summed E-state index contributed by atoms with van der Waals surface area (Å²) in [5.74, 6) is -0.277. The second-order valence-electron chi connectivity index (χ2n) is 5.94. The minimum Gasteiger partial charge on any atom is -0.325 e. The van der Waals surface area contributed by atoms with Crippen LogP contribution in [0.1, 0.15) is 19.3 Å². The van der Waals surface area contributed by atoms with Gasteiger partial charge in [-0.2, -0.15) is 4.31 Å². The van der Waals surface area contributed by atoms with Gasteiger partial charge in [0.2, 0.25) is 15.9 Å². The number of hydrogen-bond donors (Lipinski definition) is 1. The van der Waals surface area contributed by atoms with Gasteiger partial charge in [-0.05, 0) is 65.8 Å². The molecule has 1 atom stereocenters. The first-order valence-corrected chi connectivity index (χ1v) is 10.6. The molecule has 1 aliphatic heterocycles. The van der Waals surface area contributed by atoms with E-state index in [9.17, 15) is 13.2 Å². The van der Waals surface area contributed by atoms with Crippen molar-refractivity contribution >= 4 is 44.2 Å². The van der Waals surface area contributed by atoms with Crippen LogP contribution >= 0.6 is 22.6 Å². The number of amides is 1. The maximum absolute atomic E-state index is 13.0. The Labute approximate surface area is 161 Å². The summed E-state index contributed by atoms with van der Waals surface area (Å²) in [5, 5.41) is 2.86. The number of anilines is 1. The molecular weight excluding hydrogens is 451 g/mol. The molecule has 1 amide bonds. The molecule has 0 radical (unpaired) electrons. The first-order valence-electron chi connectivity index (χ1n) is 8.12. The Hall–Kier alpha value is -1.45. The molecule has 5 nitrogen and oxygen atoms in total. The van der Waals surface area contributed by atoms with Crippen molar-refractivity contribution in [3.8, 4) is 0 Å². The van der Waals surface area contributed by atoms with Gasteiger partial charge in [-0.25, -0.2) is 8.42 Å². The van der Waals surface area contributed by atoms with E-state index in [1.54, 1.807) is 36.4 Å². The number of nitrogens with one attached hydrogen (secondary N) is 1. The van der Waals surface area contributed by atoms with Gasteiger partial charge in [-0.15, -0.1) is 0 Å². The first-order chi connectivity index (χ1) is 12.0. The lowest BCUT2D eigenvalue weighted by Crippen LogP contribution is -2.49. The fourth-order valence-corrected chi connectivity index (χ4v) is 5.19. The van der Waals surface area contributed by atoms with Crippen LogP contribution in [-0.4, -0.2) is 31.2 Å². The average molecular weight is 470 g/mol. The van der Waals surface area contributed by atoms with Crippen LogP contribution in [0.15, 0.2) is 59.5 Å². The molecule has 1 fully saturated rings. The smallest absolute Gasteiger partial charge is 0.243 e. The van der Waals surface area contributed by atoms with Gasteiger partial charge < -0.3 is 5.32 Å². The summed E-state index contributed by atoms with van der Waals surface area (Å²) < 4.78 is 28.3. The highest BCUT2D eigenvalue weighted by atomic mass is 127. The zero-order valence-electron chi connectivity index (χ0n) is 13.6. The van der Waals surface area contributed by atoms with E-state index in [1.165, 1.54) is 4.31 Å². The molecule has 1 unspecified atom stereocenters. The maximum Gasteiger partial charge on any atom is 0.243 e. The molecule has 1 heterocycles. The molecule has 0 spiro atoms. The number of halogens is 1. The summed E-state index contributed by atoms with van der Waals surface area (Å²) in [6.07, 6.45) is 2.13. The number of carbonyl (C=O) groups is 1. The maximum atomic E-state index is 13.0. The molecule has 0 aliphatic carbocycles. The molecule has 1 aliphatic rings. The lowest BCUT2D eigenvalue weighted by atomic mass is 10.0. The Morgan fingerprint density at radius 2 is 1.84 bits per heavy atom. The van der Waals surface area contributed by atoms with Crippen LogP contribution in [0, 0.1) is 3.57 Å². The Balaban J connectivity index is 1.84.